The molecule has 1 aliphatic heterocycles. The van der Waals surface area contributed by atoms with Crippen molar-refractivity contribution in [3.05, 3.63) is 17.6 Å². The van der Waals surface area contributed by atoms with E-state index in [1.807, 2.05) is 39.8 Å². The number of nitrogens with zero attached hydrogens (tertiary/aromatic N) is 3. The highest BCUT2D eigenvalue weighted by molar-refractivity contribution is 7.89. The minimum absolute atomic E-state index is 0.0917. The molecule has 2 N–H and O–H groups in total. The molecule has 1 saturated heterocycles. The monoisotopic (exact) mass is 386 g/mol. The summed E-state index contributed by atoms with van der Waals surface area (Å²) in [5, 5.41) is 0. The highest BCUT2D eigenvalue weighted by Crippen LogP contribution is 2.29. The van der Waals surface area contributed by atoms with Gasteiger partial charge in [0, 0.05) is 44.2 Å². The van der Waals surface area contributed by atoms with E-state index in [2.05, 4.69) is 0 Å². The van der Waals surface area contributed by atoms with E-state index in [1.165, 1.54) is 9.21 Å². The van der Waals surface area contributed by atoms with Gasteiger partial charge in [-0.05, 0) is 14.1 Å². The van der Waals surface area contributed by atoms with Gasteiger partial charge < -0.3 is 20.0 Å². The van der Waals surface area contributed by atoms with Crippen LogP contribution in [-0.4, -0.2) is 81.0 Å². The van der Waals surface area contributed by atoms with Crippen LogP contribution in [0.1, 0.15) is 37.1 Å². The molecule has 1 aliphatic rings. The Morgan fingerprint density at radius 3 is 2.46 bits per heavy atom. The van der Waals surface area contributed by atoms with Gasteiger partial charge in [-0.2, -0.15) is 4.31 Å². The van der Waals surface area contributed by atoms with Crippen molar-refractivity contribution in [3.8, 4) is 0 Å². The van der Waals surface area contributed by atoms with Crippen LogP contribution < -0.4 is 5.73 Å². The quantitative estimate of drug-likeness (QED) is 0.822. The molecule has 2 heterocycles. The molecule has 0 aromatic carbocycles. The van der Waals surface area contributed by atoms with E-state index in [9.17, 15) is 13.2 Å². The van der Waals surface area contributed by atoms with Crippen LogP contribution in [0.2, 0.25) is 0 Å². The summed E-state index contributed by atoms with van der Waals surface area (Å²) in [6.07, 6.45) is 0. The fraction of sp³-hybridized carbons (Fsp3) is 0.706. The zero-order valence-corrected chi connectivity index (χ0v) is 17.1. The Balaban J connectivity index is 2.15. The van der Waals surface area contributed by atoms with Crippen molar-refractivity contribution in [1.29, 1.82) is 0 Å². The summed E-state index contributed by atoms with van der Waals surface area (Å²) in [6, 6.07) is 1.67. The first kappa shape index (κ1) is 20.7. The van der Waals surface area contributed by atoms with Crippen molar-refractivity contribution in [2.24, 2.45) is 0 Å². The lowest BCUT2D eigenvalue weighted by Crippen LogP contribution is -2.39. The van der Waals surface area contributed by atoms with Gasteiger partial charge in [0.05, 0.1) is 11.4 Å². The predicted octanol–water partition coefficient (Wildman–Crippen LogP) is 0.809. The first-order chi connectivity index (χ1) is 11.9. The molecule has 26 heavy (non-hydrogen) atoms. The molecule has 2 rings (SSSR count). The lowest BCUT2D eigenvalue weighted by molar-refractivity contribution is 0.0730. The predicted molar refractivity (Wildman–Crippen MR) is 102 cm³/mol. The lowest BCUT2D eigenvalue weighted by atomic mass is 9.93. The van der Waals surface area contributed by atoms with Crippen LogP contribution >= 0.6 is 0 Å². The van der Waals surface area contributed by atoms with Crippen LogP contribution in [-0.2, 0) is 15.4 Å². The van der Waals surface area contributed by atoms with Gasteiger partial charge in [0.1, 0.15) is 5.76 Å². The van der Waals surface area contributed by atoms with Crippen molar-refractivity contribution in [2.45, 2.75) is 26.2 Å². The molecule has 1 amide bonds. The van der Waals surface area contributed by atoms with E-state index in [0.717, 1.165) is 0 Å². The third-order valence-electron chi connectivity index (χ3n) is 4.41. The Hall–Kier alpha value is -1.58. The number of likely N-dealkylation sites (N-methyl/N-ethyl adjacent to an activating group) is 1. The van der Waals surface area contributed by atoms with Crippen LogP contribution in [0.25, 0.3) is 0 Å². The van der Waals surface area contributed by atoms with Gasteiger partial charge in [0.15, 0.2) is 0 Å². The molecule has 9 heteroatoms. The summed E-state index contributed by atoms with van der Waals surface area (Å²) >= 11 is 0. The van der Waals surface area contributed by atoms with Gasteiger partial charge >= 0.3 is 0 Å². The number of rotatable bonds is 4. The van der Waals surface area contributed by atoms with E-state index >= 15 is 0 Å². The highest BCUT2D eigenvalue weighted by Gasteiger charge is 2.32. The van der Waals surface area contributed by atoms with E-state index in [4.69, 9.17) is 10.2 Å². The van der Waals surface area contributed by atoms with Crippen LogP contribution in [0.5, 0.6) is 0 Å². The fourth-order valence-electron chi connectivity index (χ4n) is 2.69. The number of nitrogen functional groups attached to an aromatic ring is 1. The number of nitrogens with two attached hydrogens (primary N) is 1. The number of furan rings is 1. The van der Waals surface area contributed by atoms with Gasteiger partial charge in [-0.3, -0.25) is 4.79 Å². The largest absolute Gasteiger partial charge is 0.453 e. The second-order valence-corrected chi connectivity index (χ2v) is 10.0. The second-order valence-electron chi connectivity index (χ2n) is 7.96. The van der Waals surface area contributed by atoms with E-state index in [-0.39, 0.29) is 41.6 Å². The molecule has 0 saturated carbocycles. The number of carbonyl (C=O) groups is 1. The number of anilines is 1. The van der Waals surface area contributed by atoms with E-state index in [1.54, 1.807) is 6.07 Å². The second kappa shape index (κ2) is 7.58. The van der Waals surface area contributed by atoms with Gasteiger partial charge in [-0.25, -0.2) is 8.42 Å². The summed E-state index contributed by atoms with van der Waals surface area (Å²) in [4.78, 5) is 16.3. The van der Waals surface area contributed by atoms with Crippen molar-refractivity contribution >= 4 is 21.6 Å². The molecule has 1 fully saturated rings. The van der Waals surface area contributed by atoms with Crippen LogP contribution in [0, 0.1) is 0 Å². The lowest BCUT2D eigenvalue weighted by Gasteiger charge is -2.22. The Kier molecular flexibility index (Phi) is 6.04. The maximum absolute atomic E-state index is 12.8. The standard InChI is InChI=1S/C17H30N4O4S/c1-17(2,3)14-12-13(18)15(25-14)16(22)20-7-9-21(8-6-19(4)5)26(23,24)11-10-20/h12H,6-11,18H2,1-5H3. The summed E-state index contributed by atoms with van der Waals surface area (Å²) in [5.74, 6) is 0.268. The number of carbonyl (C=O) groups excluding carboxylic acids is 1. The Bertz CT molecular complexity index is 749. The van der Waals surface area contributed by atoms with E-state index in [0.29, 0.717) is 25.4 Å². The molecule has 1 aromatic heterocycles. The number of hydrogen-bond donors (Lipinski definition) is 1. The van der Waals surface area contributed by atoms with Crippen molar-refractivity contribution in [1.82, 2.24) is 14.1 Å². The molecule has 0 unspecified atom stereocenters. The number of amides is 1. The molecule has 0 radical (unpaired) electrons. The Morgan fingerprint density at radius 2 is 1.92 bits per heavy atom. The Morgan fingerprint density at radius 1 is 1.27 bits per heavy atom. The van der Waals surface area contributed by atoms with Gasteiger partial charge in [0.25, 0.3) is 5.91 Å². The first-order valence-electron chi connectivity index (χ1n) is 8.73. The highest BCUT2D eigenvalue weighted by atomic mass is 32.2. The molecular formula is C17H30N4O4S. The third kappa shape index (κ3) is 4.77. The minimum atomic E-state index is -3.38. The molecule has 0 bridgehead atoms. The van der Waals surface area contributed by atoms with Crippen LogP contribution in [0.15, 0.2) is 10.5 Å². The average Bonchev–Trinajstić information content (AvgIpc) is 2.83. The summed E-state index contributed by atoms with van der Waals surface area (Å²) in [6.45, 7) is 7.68. The molecule has 0 atom stereocenters. The van der Waals surface area contributed by atoms with Gasteiger partial charge in [-0.1, -0.05) is 20.8 Å². The molecule has 1 aromatic rings. The third-order valence-corrected chi connectivity index (χ3v) is 6.26. The Labute approximate surface area is 156 Å². The summed E-state index contributed by atoms with van der Waals surface area (Å²) in [7, 11) is 0.410. The summed E-state index contributed by atoms with van der Waals surface area (Å²) in [5.41, 5.74) is 5.99. The SMILES string of the molecule is CN(C)CCN1CCN(C(=O)c2oc(C(C)(C)C)cc2N)CCS1(=O)=O. The van der Waals surface area contributed by atoms with Gasteiger partial charge in [-0.15, -0.1) is 0 Å². The minimum Gasteiger partial charge on any atom is -0.453 e. The molecule has 0 aliphatic carbocycles. The number of hydrogen-bond acceptors (Lipinski definition) is 6. The van der Waals surface area contributed by atoms with Crippen molar-refractivity contribution in [3.63, 3.8) is 0 Å². The molecule has 0 spiro atoms. The van der Waals surface area contributed by atoms with E-state index < -0.39 is 10.0 Å². The fourth-order valence-corrected chi connectivity index (χ4v) is 4.12. The molecular weight excluding hydrogens is 356 g/mol. The first-order valence-corrected chi connectivity index (χ1v) is 10.3. The van der Waals surface area contributed by atoms with Gasteiger partial charge in [0.2, 0.25) is 15.8 Å². The smallest absolute Gasteiger partial charge is 0.291 e. The zero-order valence-electron chi connectivity index (χ0n) is 16.3. The number of sulfonamides is 1. The maximum atomic E-state index is 12.8. The molecule has 8 nitrogen and oxygen atoms in total. The van der Waals surface area contributed by atoms with Crippen molar-refractivity contribution in [2.75, 3.05) is 58.3 Å². The average molecular weight is 387 g/mol. The van der Waals surface area contributed by atoms with Crippen molar-refractivity contribution < 1.29 is 17.6 Å². The van der Waals surface area contributed by atoms with Crippen LogP contribution in [0.4, 0.5) is 5.69 Å². The topological polar surface area (TPSA) is 100 Å². The van der Waals surface area contributed by atoms with Crippen LogP contribution in [0.3, 0.4) is 0 Å². The normalized spacial score (nSPS) is 18.9. The zero-order chi connectivity index (χ0) is 19.7. The summed E-state index contributed by atoms with van der Waals surface area (Å²) < 4.78 is 32.0. The molecule has 148 valence electrons. The maximum Gasteiger partial charge on any atom is 0.291 e.